The number of esters is 1. The summed E-state index contributed by atoms with van der Waals surface area (Å²) in [5.41, 5.74) is 0. The Hall–Kier alpha value is -2.44. The number of hydrogen-bond donors (Lipinski definition) is 3. The second-order valence-corrected chi connectivity index (χ2v) is 20.0. The average Bonchev–Trinajstić information content (AvgIpc) is 3.34. The third-order valence-corrected chi connectivity index (χ3v) is 13.3. The van der Waals surface area contributed by atoms with Gasteiger partial charge >= 0.3 is 5.97 Å². The lowest BCUT2D eigenvalue weighted by atomic mass is 10.0. The summed E-state index contributed by atoms with van der Waals surface area (Å²) in [6.07, 6.45) is 74.1. The van der Waals surface area contributed by atoms with Crippen LogP contribution in [-0.2, 0) is 14.3 Å². The first-order valence-corrected chi connectivity index (χ1v) is 29.6. The minimum atomic E-state index is -0.845. The summed E-state index contributed by atoms with van der Waals surface area (Å²) < 4.78 is 5.47. The van der Waals surface area contributed by atoms with E-state index in [2.05, 4.69) is 67.8 Å². The zero-order chi connectivity index (χ0) is 49.3. The van der Waals surface area contributed by atoms with Gasteiger partial charge in [-0.25, -0.2) is 0 Å². The van der Waals surface area contributed by atoms with Crippen LogP contribution in [0.5, 0.6) is 0 Å². The molecule has 68 heavy (non-hydrogen) atoms. The molecule has 0 radical (unpaired) electrons. The Bertz CT molecular complexity index is 1190. The number of aliphatic hydroxyl groups is 2. The minimum absolute atomic E-state index is 0.00471. The minimum Gasteiger partial charge on any atom is -0.466 e. The number of hydrogen-bond acceptors (Lipinski definition) is 5. The third-order valence-electron chi connectivity index (χ3n) is 13.3. The summed E-state index contributed by atoms with van der Waals surface area (Å²) in [6, 6.07) is -0.629. The number of ether oxygens (including phenoxy) is 1. The lowest BCUT2D eigenvalue weighted by Gasteiger charge is -2.20. The number of carbonyl (C=O) groups excluding carboxylic acids is 2. The standard InChI is InChI=1S/C62H113NO5/c1-3-5-7-9-11-13-14-15-29-33-36-40-44-48-52-56-62(67)68-57-53-49-45-41-37-34-31-28-26-24-22-20-18-16-17-19-21-23-25-27-30-32-35-39-43-47-51-55-61(66)63-59(58-64)60(65)54-50-46-42-38-12-10-8-6-4-2/h11,13,15-17,20,22,29,50,54,59-60,64-65H,3-10,12,14,18-19,21,23-28,30-49,51-53,55-58H2,1-2H3,(H,63,66)/b13-11-,17-16-,22-20-,29-15-,54-50+. The molecule has 0 rings (SSSR count). The molecule has 2 unspecified atom stereocenters. The summed E-state index contributed by atoms with van der Waals surface area (Å²) >= 11 is 0. The molecule has 0 aliphatic rings. The molecule has 0 bridgehead atoms. The van der Waals surface area contributed by atoms with E-state index in [1.165, 1.54) is 212 Å². The van der Waals surface area contributed by atoms with Gasteiger partial charge in [-0.3, -0.25) is 9.59 Å². The van der Waals surface area contributed by atoms with Crippen molar-refractivity contribution in [3.8, 4) is 0 Å². The van der Waals surface area contributed by atoms with Gasteiger partial charge in [-0.1, -0.05) is 248 Å². The first-order valence-electron chi connectivity index (χ1n) is 29.6. The third kappa shape index (κ3) is 52.9. The molecule has 0 aromatic rings. The van der Waals surface area contributed by atoms with Crippen molar-refractivity contribution in [3.05, 3.63) is 60.8 Å². The van der Waals surface area contributed by atoms with Crippen LogP contribution in [0.1, 0.15) is 296 Å². The van der Waals surface area contributed by atoms with Crippen LogP contribution in [-0.4, -0.2) is 47.4 Å². The Morgan fingerprint density at radius 2 is 0.735 bits per heavy atom. The van der Waals surface area contributed by atoms with Gasteiger partial charge in [0.05, 0.1) is 25.4 Å². The molecule has 396 valence electrons. The summed E-state index contributed by atoms with van der Waals surface area (Å²) in [5.74, 6) is -0.0795. The maximum atomic E-state index is 12.4. The van der Waals surface area contributed by atoms with Gasteiger partial charge in [-0.2, -0.15) is 0 Å². The van der Waals surface area contributed by atoms with Crippen molar-refractivity contribution in [1.82, 2.24) is 5.32 Å². The van der Waals surface area contributed by atoms with Crippen LogP contribution in [0.15, 0.2) is 60.8 Å². The van der Waals surface area contributed by atoms with Crippen LogP contribution >= 0.6 is 0 Å². The number of aliphatic hydroxyl groups excluding tert-OH is 2. The molecule has 0 saturated carbocycles. The van der Waals surface area contributed by atoms with E-state index in [1.54, 1.807) is 6.08 Å². The van der Waals surface area contributed by atoms with E-state index in [4.69, 9.17) is 4.74 Å². The van der Waals surface area contributed by atoms with E-state index in [0.717, 1.165) is 57.8 Å². The van der Waals surface area contributed by atoms with E-state index < -0.39 is 12.1 Å². The number of carbonyl (C=O) groups is 2. The van der Waals surface area contributed by atoms with Gasteiger partial charge in [-0.15, -0.1) is 0 Å². The Kier molecular flexibility index (Phi) is 55.1. The molecular formula is C62H113NO5. The Labute approximate surface area is 422 Å². The molecule has 0 aromatic heterocycles. The second-order valence-electron chi connectivity index (χ2n) is 20.0. The monoisotopic (exact) mass is 952 g/mol. The highest BCUT2D eigenvalue weighted by molar-refractivity contribution is 5.76. The Balaban J connectivity index is 3.42. The van der Waals surface area contributed by atoms with Crippen LogP contribution in [0.2, 0.25) is 0 Å². The van der Waals surface area contributed by atoms with Gasteiger partial charge in [0.2, 0.25) is 5.91 Å². The molecule has 3 N–H and O–H groups in total. The van der Waals surface area contributed by atoms with Gasteiger partial charge in [0, 0.05) is 12.8 Å². The first kappa shape index (κ1) is 65.6. The van der Waals surface area contributed by atoms with Gasteiger partial charge in [0.15, 0.2) is 0 Å². The fourth-order valence-corrected chi connectivity index (χ4v) is 8.69. The van der Waals surface area contributed by atoms with E-state index in [0.29, 0.717) is 19.4 Å². The van der Waals surface area contributed by atoms with Crippen LogP contribution in [0.3, 0.4) is 0 Å². The van der Waals surface area contributed by atoms with Crippen LogP contribution in [0.4, 0.5) is 0 Å². The van der Waals surface area contributed by atoms with Crippen LogP contribution in [0.25, 0.3) is 0 Å². The maximum absolute atomic E-state index is 12.4. The summed E-state index contributed by atoms with van der Waals surface area (Å²) in [7, 11) is 0. The van der Waals surface area contributed by atoms with Crippen molar-refractivity contribution in [2.24, 2.45) is 0 Å². The van der Waals surface area contributed by atoms with Gasteiger partial charge in [0.25, 0.3) is 0 Å². The van der Waals surface area contributed by atoms with E-state index in [9.17, 15) is 19.8 Å². The van der Waals surface area contributed by atoms with E-state index in [-0.39, 0.29) is 18.5 Å². The normalized spacial score (nSPS) is 13.1. The highest BCUT2D eigenvalue weighted by Crippen LogP contribution is 2.15. The molecule has 0 aromatic carbocycles. The first-order chi connectivity index (χ1) is 33.5. The fourth-order valence-electron chi connectivity index (χ4n) is 8.69. The molecule has 0 heterocycles. The van der Waals surface area contributed by atoms with Crippen LogP contribution in [0, 0.1) is 0 Å². The fraction of sp³-hybridized carbons (Fsp3) is 0.806. The number of rotatable bonds is 54. The molecule has 0 fully saturated rings. The number of allylic oxidation sites excluding steroid dienone is 9. The van der Waals surface area contributed by atoms with Crippen molar-refractivity contribution in [2.45, 2.75) is 309 Å². The molecule has 6 heteroatoms. The molecule has 2 atom stereocenters. The topological polar surface area (TPSA) is 95.9 Å². The van der Waals surface area contributed by atoms with Crippen molar-refractivity contribution in [3.63, 3.8) is 0 Å². The highest BCUT2D eigenvalue weighted by Gasteiger charge is 2.18. The molecule has 0 aliphatic heterocycles. The summed E-state index contributed by atoms with van der Waals surface area (Å²) in [6.45, 7) is 4.83. The number of unbranched alkanes of at least 4 members (excludes halogenated alkanes) is 35. The molecule has 0 aliphatic carbocycles. The van der Waals surface area contributed by atoms with Crippen molar-refractivity contribution in [1.29, 1.82) is 0 Å². The smallest absolute Gasteiger partial charge is 0.305 e. The zero-order valence-corrected chi connectivity index (χ0v) is 45.1. The predicted octanol–water partition coefficient (Wildman–Crippen LogP) is 18.4. The quantitative estimate of drug-likeness (QED) is 0.0321. The zero-order valence-electron chi connectivity index (χ0n) is 45.1. The molecule has 0 saturated heterocycles. The van der Waals surface area contributed by atoms with Crippen molar-refractivity contribution in [2.75, 3.05) is 13.2 Å². The highest BCUT2D eigenvalue weighted by atomic mass is 16.5. The van der Waals surface area contributed by atoms with Gasteiger partial charge < -0.3 is 20.3 Å². The summed E-state index contributed by atoms with van der Waals surface area (Å²) in [4.78, 5) is 24.4. The molecule has 6 nitrogen and oxygen atoms in total. The maximum Gasteiger partial charge on any atom is 0.305 e. The largest absolute Gasteiger partial charge is 0.466 e. The number of amides is 1. The lowest BCUT2D eigenvalue weighted by Crippen LogP contribution is -2.45. The average molecular weight is 953 g/mol. The van der Waals surface area contributed by atoms with Crippen LogP contribution < -0.4 is 5.32 Å². The van der Waals surface area contributed by atoms with Crippen molar-refractivity contribution >= 4 is 11.9 Å². The molecule has 0 spiro atoms. The van der Waals surface area contributed by atoms with E-state index in [1.807, 2.05) is 6.08 Å². The SMILES string of the molecule is CCCCC/C=C\C/C=C\CCCCCCCC(=O)OCCCCCCCCCCC/C=C\C/C=C\CCCCCCCCCCCCCC(=O)NC(CO)C(O)/C=C/CCCCCCCCC. The Morgan fingerprint density at radius 3 is 1.15 bits per heavy atom. The molecular weight excluding hydrogens is 839 g/mol. The molecule has 1 amide bonds. The van der Waals surface area contributed by atoms with Gasteiger partial charge in [0.1, 0.15) is 0 Å². The van der Waals surface area contributed by atoms with E-state index >= 15 is 0 Å². The second kappa shape index (κ2) is 57.1. The number of nitrogens with one attached hydrogen (secondary N) is 1. The summed E-state index contributed by atoms with van der Waals surface area (Å²) in [5, 5.41) is 22.9. The Morgan fingerprint density at radius 1 is 0.412 bits per heavy atom. The van der Waals surface area contributed by atoms with Crippen molar-refractivity contribution < 1.29 is 24.5 Å². The lowest BCUT2D eigenvalue weighted by molar-refractivity contribution is -0.143. The predicted molar refractivity (Wildman–Crippen MR) is 296 cm³/mol. The van der Waals surface area contributed by atoms with Gasteiger partial charge in [-0.05, 0) is 96.3 Å².